The van der Waals surface area contributed by atoms with Crippen LogP contribution in [-0.4, -0.2) is 43.8 Å². The van der Waals surface area contributed by atoms with Crippen LogP contribution in [0, 0.1) is 0 Å². The molecule has 7 heteroatoms. The highest BCUT2D eigenvalue weighted by Crippen LogP contribution is 2.40. The Kier molecular flexibility index (Phi) is 7.98. The summed E-state index contributed by atoms with van der Waals surface area (Å²) in [6.45, 7) is 7.41. The number of ether oxygens (including phenoxy) is 3. The fraction of sp³-hybridized carbons (Fsp3) is 0.440. The second-order valence-corrected chi connectivity index (χ2v) is 7.58. The third kappa shape index (κ3) is 5.33. The van der Waals surface area contributed by atoms with Gasteiger partial charge in [0.05, 0.1) is 32.8 Å². The largest absolute Gasteiger partial charge is 0.490 e. The smallest absolute Gasteiger partial charge is 0.322 e. The lowest BCUT2D eigenvalue weighted by atomic mass is 9.90. The highest BCUT2D eigenvalue weighted by Gasteiger charge is 2.34. The molecule has 2 amide bonds. The fourth-order valence-corrected chi connectivity index (χ4v) is 3.97. The molecule has 0 aliphatic carbocycles. The number of hydrogen-bond donors (Lipinski definition) is 1. The van der Waals surface area contributed by atoms with Gasteiger partial charge in [0.2, 0.25) is 0 Å². The van der Waals surface area contributed by atoms with Gasteiger partial charge in [-0.1, -0.05) is 19.1 Å². The first-order chi connectivity index (χ1) is 15.5. The molecule has 7 nitrogen and oxygen atoms in total. The maximum Gasteiger partial charge on any atom is 0.322 e. The predicted molar refractivity (Wildman–Crippen MR) is 123 cm³/mol. The predicted octanol–water partition coefficient (Wildman–Crippen LogP) is 4.74. The quantitative estimate of drug-likeness (QED) is 0.600. The Hall–Kier alpha value is -3.22. The lowest BCUT2D eigenvalue weighted by Crippen LogP contribution is -2.43. The van der Waals surface area contributed by atoms with Crippen molar-refractivity contribution in [2.45, 2.75) is 46.1 Å². The van der Waals surface area contributed by atoms with Crippen LogP contribution in [0.2, 0.25) is 0 Å². The summed E-state index contributed by atoms with van der Waals surface area (Å²) in [5, 5.41) is 2.97. The van der Waals surface area contributed by atoms with Crippen LogP contribution >= 0.6 is 0 Å². The van der Waals surface area contributed by atoms with Crippen molar-refractivity contribution in [3.05, 3.63) is 53.1 Å². The second-order valence-electron chi connectivity index (χ2n) is 7.58. The molecule has 0 saturated heterocycles. The highest BCUT2D eigenvalue weighted by atomic mass is 16.5. The Balaban J connectivity index is 1.92. The second kappa shape index (κ2) is 10.9. The van der Waals surface area contributed by atoms with E-state index in [1.807, 2.05) is 50.2 Å². The molecule has 1 N–H and O–H groups in total. The summed E-state index contributed by atoms with van der Waals surface area (Å²) < 4.78 is 16.5. The van der Waals surface area contributed by atoms with Gasteiger partial charge in [0, 0.05) is 12.2 Å². The summed E-state index contributed by atoms with van der Waals surface area (Å²) >= 11 is 0. The molecule has 172 valence electrons. The molecule has 0 radical (unpaired) electrons. The van der Waals surface area contributed by atoms with Crippen molar-refractivity contribution in [1.29, 1.82) is 0 Å². The molecule has 1 atom stereocenters. The van der Waals surface area contributed by atoms with E-state index in [9.17, 15) is 9.59 Å². The van der Waals surface area contributed by atoms with E-state index >= 15 is 0 Å². The number of carbonyl (C=O) groups is 2. The molecule has 0 saturated carbocycles. The van der Waals surface area contributed by atoms with Crippen LogP contribution < -0.4 is 14.8 Å². The molecule has 2 aromatic carbocycles. The molecule has 1 aliphatic heterocycles. The van der Waals surface area contributed by atoms with Crippen molar-refractivity contribution in [3.8, 4) is 11.5 Å². The topological polar surface area (TPSA) is 77.1 Å². The maximum absolute atomic E-state index is 13.2. The molecule has 0 fully saturated rings. The lowest BCUT2D eigenvalue weighted by molar-refractivity contribution is -0.141. The van der Waals surface area contributed by atoms with Gasteiger partial charge in [-0.15, -0.1) is 0 Å². The standard InChI is InChI=1S/C25H32N2O5/c1-5-17-8-10-19(11-9-17)26-25(29)27-13-12-18-14-22(31-6-2)23(32-7-3)15-20(18)21(27)16-24(28)30-4/h8-11,14-15,21H,5-7,12-13,16H2,1-4H3,(H,26,29). The molecule has 1 aliphatic rings. The van der Waals surface area contributed by atoms with E-state index in [-0.39, 0.29) is 18.4 Å². The number of fused-ring (bicyclic) bond motifs is 1. The molecule has 0 spiro atoms. The number of nitrogens with one attached hydrogen (secondary N) is 1. The van der Waals surface area contributed by atoms with Crippen molar-refractivity contribution in [2.75, 3.05) is 32.2 Å². The summed E-state index contributed by atoms with van der Waals surface area (Å²) in [6, 6.07) is 10.9. The van der Waals surface area contributed by atoms with E-state index < -0.39 is 6.04 Å². The molecule has 1 heterocycles. The number of carbonyl (C=O) groups excluding carboxylic acids is 2. The van der Waals surface area contributed by atoms with E-state index in [1.165, 1.54) is 12.7 Å². The SMILES string of the molecule is CCOc1cc2c(cc1OCC)C(CC(=O)OC)N(C(=O)Nc1ccc(CC)cc1)CC2. The van der Waals surface area contributed by atoms with Gasteiger partial charge in [0.1, 0.15) is 0 Å². The van der Waals surface area contributed by atoms with Crippen LogP contribution in [0.1, 0.15) is 49.9 Å². The van der Waals surface area contributed by atoms with Gasteiger partial charge in [0.15, 0.2) is 11.5 Å². The molecule has 2 aromatic rings. The van der Waals surface area contributed by atoms with Crippen molar-refractivity contribution in [1.82, 2.24) is 4.90 Å². The van der Waals surface area contributed by atoms with Gasteiger partial charge in [-0.05, 0) is 67.6 Å². The van der Waals surface area contributed by atoms with Gasteiger partial charge < -0.3 is 24.4 Å². The zero-order valence-corrected chi connectivity index (χ0v) is 19.3. The number of benzene rings is 2. The van der Waals surface area contributed by atoms with Crippen molar-refractivity contribution in [3.63, 3.8) is 0 Å². The first-order valence-corrected chi connectivity index (χ1v) is 11.2. The van der Waals surface area contributed by atoms with E-state index in [0.29, 0.717) is 37.7 Å². The third-order valence-corrected chi connectivity index (χ3v) is 5.62. The molecular weight excluding hydrogens is 408 g/mol. The maximum atomic E-state index is 13.2. The highest BCUT2D eigenvalue weighted by molar-refractivity contribution is 5.90. The Morgan fingerprint density at radius 1 is 1.03 bits per heavy atom. The van der Waals surface area contributed by atoms with Gasteiger partial charge >= 0.3 is 12.0 Å². The summed E-state index contributed by atoms with van der Waals surface area (Å²) in [4.78, 5) is 27.1. The number of methoxy groups -OCH3 is 1. The molecule has 3 rings (SSSR count). The zero-order valence-electron chi connectivity index (χ0n) is 19.3. The molecule has 32 heavy (non-hydrogen) atoms. The summed E-state index contributed by atoms with van der Waals surface area (Å²) in [5.41, 5.74) is 3.84. The van der Waals surface area contributed by atoms with Gasteiger partial charge in [-0.3, -0.25) is 4.79 Å². The van der Waals surface area contributed by atoms with Crippen molar-refractivity contribution >= 4 is 17.7 Å². The summed E-state index contributed by atoms with van der Waals surface area (Å²) in [5.74, 6) is 0.916. The van der Waals surface area contributed by atoms with Gasteiger partial charge in [0.25, 0.3) is 0 Å². The van der Waals surface area contributed by atoms with Crippen LogP contribution in [0.3, 0.4) is 0 Å². The minimum absolute atomic E-state index is 0.0608. The normalized spacial score (nSPS) is 15.0. The fourth-order valence-electron chi connectivity index (χ4n) is 3.97. The van der Waals surface area contributed by atoms with Crippen molar-refractivity contribution in [2.24, 2.45) is 0 Å². The summed E-state index contributed by atoms with van der Waals surface area (Å²) in [7, 11) is 1.36. The number of amides is 2. The molecule has 1 unspecified atom stereocenters. The molecular formula is C25H32N2O5. The number of nitrogens with zero attached hydrogens (tertiary/aromatic N) is 1. The average Bonchev–Trinajstić information content (AvgIpc) is 2.80. The van der Waals surface area contributed by atoms with E-state index in [0.717, 1.165) is 23.2 Å². The zero-order chi connectivity index (χ0) is 23.1. The Bertz CT molecular complexity index is 942. The lowest BCUT2D eigenvalue weighted by Gasteiger charge is -2.37. The number of rotatable bonds is 8. The van der Waals surface area contributed by atoms with Crippen LogP contribution in [-0.2, 0) is 22.4 Å². The van der Waals surface area contributed by atoms with E-state index in [1.54, 1.807) is 4.90 Å². The average molecular weight is 441 g/mol. The Morgan fingerprint density at radius 3 is 2.28 bits per heavy atom. The van der Waals surface area contributed by atoms with Crippen LogP contribution in [0.4, 0.5) is 10.5 Å². The van der Waals surface area contributed by atoms with Crippen molar-refractivity contribution < 1.29 is 23.8 Å². The van der Waals surface area contributed by atoms with E-state index in [4.69, 9.17) is 14.2 Å². The van der Waals surface area contributed by atoms with Crippen LogP contribution in [0.15, 0.2) is 36.4 Å². The summed E-state index contributed by atoms with van der Waals surface area (Å²) in [6.07, 6.45) is 1.65. The van der Waals surface area contributed by atoms with Crippen LogP contribution in [0.25, 0.3) is 0 Å². The van der Waals surface area contributed by atoms with Gasteiger partial charge in [-0.2, -0.15) is 0 Å². The number of aryl methyl sites for hydroxylation is 1. The Morgan fingerprint density at radius 2 is 1.69 bits per heavy atom. The van der Waals surface area contributed by atoms with E-state index in [2.05, 4.69) is 12.2 Å². The minimum atomic E-state index is -0.462. The minimum Gasteiger partial charge on any atom is -0.490 e. The number of anilines is 1. The van der Waals surface area contributed by atoms with Crippen LogP contribution in [0.5, 0.6) is 11.5 Å². The number of hydrogen-bond acceptors (Lipinski definition) is 5. The third-order valence-electron chi connectivity index (χ3n) is 5.62. The van der Waals surface area contributed by atoms with Gasteiger partial charge in [-0.25, -0.2) is 4.79 Å². The first-order valence-electron chi connectivity index (χ1n) is 11.2. The number of urea groups is 1. The Labute approximate surface area is 189 Å². The molecule has 0 aromatic heterocycles. The first kappa shape index (κ1) is 23.4. The monoisotopic (exact) mass is 440 g/mol. The molecule has 0 bridgehead atoms. The number of esters is 1.